The topological polar surface area (TPSA) is 55.6 Å². The molecule has 2 aromatic heterocycles. The van der Waals surface area contributed by atoms with E-state index in [4.69, 9.17) is 0 Å². The molecule has 0 aliphatic carbocycles. The summed E-state index contributed by atoms with van der Waals surface area (Å²) in [5.74, 6) is 2.71. The molecule has 0 spiro atoms. The van der Waals surface area contributed by atoms with Gasteiger partial charge in [0, 0.05) is 37.7 Å². The van der Waals surface area contributed by atoms with Gasteiger partial charge in [-0.3, -0.25) is 0 Å². The van der Waals surface area contributed by atoms with Crippen LogP contribution in [0.3, 0.4) is 0 Å². The molecule has 0 fully saturated rings. The molecule has 19 heavy (non-hydrogen) atoms. The molecule has 5 nitrogen and oxygen atoms in total. The van der Waals surface area contributed by atoms with Crippen LogP contribution in [0.2, 0.25) is 0 Å². The van der Waals surface area contributed by atoms with E-state index < -0.39 is 0 Å². The molecule has 0 unspecified atom stereocenters. The first-order chi connectivity index (χ1) is 9.11. The van der Waals surface area contributed by atoms with Crippen LogP contribution in [-0.4, -0.2) is 26.1 Å². The van der Waals surface area contributed by atoms with E-state index in [0.717, 1.165) is 30.3 Å². The Balaban J connectivity index is 2.42. The molecule has 0 radical (unpaired) electrons. The molecule has 0 aliphatic heterocycles. The van der Waals surface area contributed by atoms with Gasteiger partial charge in [0.1, 0.15) is 5.82 Å². The van der Waals surface area contributed by atoms with E-state index in [9.17, 15) is 0 Å². The molecular formula is C14H21N5. The Bertz CT molecular complexity index is 545. The SMILES string of the molecule is CCCNc1cc(C(C)C)nc(-c2nccn2C)n1. The van der Waals surface area contributed by atoms with E-state index in [-0.39, 0.29) is 0 Å². The summed E-state index contributed by atoms with van der Waals surface area (Å²) >= 11 is 0. The van der Waals surface area contributed by atoms with E-state index >= 15 is 0 Å². The lowest BCUT2D eigenvalue weighted by Crippen LogP contribution is -2.07. The van der Waals surface area contributed by atoms with Crippen LogP contribution in [-0.2, 0) is 7.05 Å². The standard InChI is InChI=1S/C14H21N5/c1-5-6-15-12-9-11(10(2)3)17-13(18-12)14-16-7-8-19(14)4/h7-10H,5-6H2,1-4H3,(H,15,17,18). The number of imidazole rings is 1. The van der Waals surface area contributed by atoms with Crippen molar-refractivity contribution in [3.63, 3.8) is 0 Å². The highest BCUT2D eigenvalue weighted by Gasteiger charge is 2.12. The van der Waals surface area contributed by atoms with Gasteiger partial charge in [0.2, 0.25) is 0 Å². The number of hydrogen-bond donors (Lipinski definition) is 1. The molecule has 0 aliphatic rings. The minimum absolute atomic E-state index is 0.365. The highest BCUT2D eigenvalue weighted by molar-refractivity contribution is 5.50. The van der Waals surface area contributed by atoms with Gasteiger partial charge >= 0.3 is 0 Å². The van der Waals surface area contributed by atoms with Crippen molar-refractivity contribution in [2.24, 2.45) is 7.05 Å². The van der Waals surface area contributed by atoms with Gasteiger partial charge in [0.25, 0.3) is 0 Å². The summed E-state index contributed by atoms with van der Waals surface area (Å²) in [6.07, 6.45) is 4.73. The first-order valence-corrected chi connectivity index (χ1v) is 6.72. The minimum atomic E-state index is 0.365. The number of aryl methyl sites for hydroxylation is 1. The number of rotatable bonds is 5. The van der Waals surface area contributed by atoms with Gasteiger partial charge in [0.15, 0.2) is 11.6 Å². The van der Waals surface area contributed by atoms with E-state index in [1.54, 1.807) is 6.20 Å². The highest BCUT2D eigenvalue weighted by atomic mass is 15.1. The monoisotopic (exact) mass is 259 g/mol. The Kier molecular flexibility index (Phi) is 4.14. The molecule has 0 aromatic carbocycles. The third kappa shape index (κ3) is 3.10. The van der Waals surface area contributed by atoms with Crippen LogP contribution in [0.4, 0.5) is 5.82 Å². The van der Waals surface area contributed by atoms with Crippen molar-refractivity contribution in [3.05, 3.63) is 24.2 Å². The maximum Gasteiger partial charge on any atom is 0.198 e. The smallest absolute Gasteiger partial charge is 0.198 e. The van der Waals surface area contributed by atoms with Crippen LogP contribution in [0.25, 0.3) is 11.6 Å². The van der Waals surface area contributed by atoms with Gasteiger partial charge in [0.05, 0.1) is 0 Å². The van der Waals surface area contributed by atoms with Gasteiger partial charge in [-0.1, -0.05) is 20.8 Å². The van der Waals surface area contributed by atoms with Gasteiger partial charge in [-0.2, -0.15) is 0 Å². The number of anilines is 1. The predicted molar refractivity (Wildman–Crippen MR) is 77.1 cm³/mol. The molecular weight excluding hydrogens is 238 g/mol. The number of nitrogens with zero attached hydrogens (tertiary/aromatic N) is 4. The average Bonchev–Trinajstić information content (AvgIpc) is 2.82. The fourth-order valence-corrected chi connectivity index (χ4v) is 1.79. The first-order valence-electron chi connectivity index (χ1n) is 6.72. The summed E-state index contributed by atoms with van der Waals surface area (Å²) in [5.41, 5.74) is 1.03. The average molecular weight is 259 g/mol. The number of hydrogen-bond acceptors (Lipinski definition) is 4. The Labute approximate surface area is 114 Å². The predicted octanol–water partition coefficient (Wildman–Crippen LogP) is 2.82. The van der Waals surface area contributed by atoms with Crippen molar-refractivity contribution in [1.29, 1.82) is 0 Å². The van der Waals surface area contributed by atoms with E-state index in [1.165, 1.54) is 0 Å². The Morgan fingerprint density at radius 1 is 1.32 bits per heavy atom. The molecule has 0 atom stereocenters. The third-order valence-electron chi connectivity index (χ3n) is 2.91. The maximum atomic E-state index is 4.61. The van der Waals surface area contributed by atoms with Gasteiger partial charge in [-0.15, -0.1) is 0 Å². The van der Waals surface area contributed by atoms with E-state index in [0.29, 0.717) is 11.7 Å². The van der Waals surface area contributed by atoms with Crippen LogP contribution in [0.15, 0.2) is 18.5 Å². The summed E-state index contributed by atoms with van der Waals surface area (Å²) < 4.78 is 1.93. The second kappa shape index (κ2) is 5.82. The van der Waals surface area contributed by atoms with Crippen LogP contribution < -0.4 is 5.32 Å². The zero-order valence-corrected chi connectivity index (χ0v) is 12.0. The van der Waals surface area contributed by atoms with Crippen molar-refractivity contribution in [3.8, 4) is 11.6 Å². The molecule has 0 amide bonds. The van der Waals surface area contributed by atoms with Crippen molar-refractivity contribution < 1.29 is 0 Å². The molecule has 102 valence electrons. The van der Waals surface area contributed by atoms with Crippen molar-refractivity contribution in [2.45, 2.75) is 33.1 Å². The van der Waals surface area contributed by atoms with Gasteiger partial charge in [-0.25, -0.2) is 15.0 Å². The Morgan fingerprint density at radius 3 is 2.68 bits per heavy atom. The molecule has 0 bridgehead atoms. The van der Waals surface area contributed by atoms with Crippen molar-refractivity contribution in [1.82, 2.24) is 19.5 Å². The maximum absolute atomic E-state index is 4.61. The number of nitrogens with one attached hydrogen (secondary N) is 1. The molecule has 2 heterocycles. The highest BCUT2D eigenvalue weighted by Crippen LogP contribution is 2.20. The van der Waals surface area contributed by atoms with Crippen LogP contribution >= 0.6 is 0 Å². The van der Waals surface area contributed by atoms with Gasteiger partial charge in [-0.05, 0) is 12.3 Å². The first kappa shape index (κ1) is 13.5. The van der Waals surface area contributed by atoms with Crippen molar-refractivity contribution >= 4 is 5.82 Å². The normalized spacial score (nSPS) is 11.0. The summed E-state index contributed by atoms with van der Waals surface area (Å²) in [4.78, 5) is 13.5. The summed E-state index contributed by atoms with van der Waals surface area (Å²) in [6, 6.07) is 2.02. The van der Waals surface area contributed by atoms with Crippen LogP contribution in [0.5, 0.6) is 0 Å². The van der Waals surface area contributed by atoms with E-state index in [2.05, 4.69) is 41.0 Å². The quantitative estimate of drug-likeness (QED) is 0.897. The summed E-state index contributed by atoms with van der Waals surface area (Å²) in [5, 5.41) is 3.32. The zero-order chi connectivity index (χ0) is 13.8. The second-order valence-corrected chi connectivity index (χ2v) is 4.94. The molecule has 0 saturated carbocycles. The lowest BCUT2D eigenvalue weighted by atomic mass is 10.1. The minimum Gasteiger partial charge on any atom is -0.370 e. The number of aromatic nitrogens is 4. The molecule has 2 aromatic rings. The van der Waals surface area contributed by atoms with Crippen molar-refractivity contribution in [2.75, 3.05) is 11.9 Å². The second-order valence-electron chi connectivity index (χ2n) is 4.94. The summed E-state index contributed by atoms with van der Waals surface area (Å²) in [6.45, 7) is 7.31. The van der Waals surface area contributed by atoms with Gasteiger partial charge < -0.3 is 9.88 Å². The summed E-state index contributed by atoms with van der Waals surface area (Å²) in [7, 11) is 1.95. The Hall–Kier alpha value is -1.91. The fraction of sp³-hybridized carbons (Fsp3) is 0.500. The lowest BCUT2D eigenvalue weighted by molar-refractivity contribution is 0.808. The lowest BCUT2D eigenvalue weighted by Gasteiger charge is -2.11. The third-order valence-corrected chi connectivity index (χ3v) is 2.91. The Morgan fingerprint density at radius 2 is 2.11 bits per heavy atom. The van der Waals surface area contributed by atoms with Crippen LogP contribution in [0, 0.1) is 0 Å². The van der Waals surface area contributed by atoms with Crippen LogP contribution in [0.1, 0.15) is 38.8 Å². The molecule has 0 saturated heterocycles. The fourth-order valence-electron chi connectivity index (χ4n) is 1.79. The zero-order valence-electron chi connectivity index (χ0n) is 12.0. The molecule has 5 heteroatoms. The largest absolute Gasteiger partial charge is 0.370 e. The molecule has 2 rings (SSSR count). The molecule has 1 N–H and O–H groups in total. The van der Waals surface area contributed by atoms with E-state index in [1.807, 2.05) is 23.9 Å².